The van der Waals surface area contributed by atoms with E-state index < -0.39 is 5.95 Å². The predicted octanol–water partition coefficient (Wildman–Crippen LogP) is 3.00. The van der Waals surface area contributed by atoms with Gasteiger partial charge < -0.3 is 21.1 Å². The Bertz CT molecular complexity index is 1000. The van der Waals surface area contributed by atoms with E-state index in [-0.39, 0.29) is 24.0 Å². The molecule has 0 aromatic carbocycles. The largest absolute Gasteiger partial charge is 0.391 e. The van der Waals surface area contributed by atoms with Crippen LogP contribution in [0.15, 0.2) is 17.6 Å². The quantitative estimate of drug-likeness (QED) is 0.455. The minimum Gasteiger partial charge on any atom is -0.391 e. The molecule has 8 nitrogen and oxygen atoms in total. The maximum absolute atomic E-state index is 13.4. The Morgan fingerprint density at radius 3 is 2.90 bits per heavy atom. The molecule has 1 aliphatic heterocycles. The molecule has 3 aromatic rings. The van der Waals surface area contributed by atoms with Gasteiger partial charge in [-0.1, -0.05) is 13.8 Å². The Labute approximate surface area is 178 Å². The van der Waals surface area contributed by atoms with Crippen molar-refractivity contribution < 1.29 is 9.50 Å². The number of nitrogens with one attached hydrogen (secondary N) is 3. The number of nitrogens with zero attached hydrogens (tertiary/aromatic N) is 4. The van der Waals surface area contributed by atoms with Gasteiger partial charge >= 0.3 is 0 Å². The third kappa shape index (κ3) is 4.40. The van der Waals surface area contributed by atoms with Crippen LogP contribution in [-0.2, 0) is 0 Å². The highest BCUT2D eigenvalue weighted by molar-refractivity contribution is 7.09. The molecule has 1 saturated heterocycles. The molecule has 30 heavy (non-hydrogen) atoms. The standard InChI is InChI=1S/C20H28FN7OS/c1-11(2)14-8-24-28-18(25-12(3)20-26-16(21)10-30-20)6-17(27-19(14)28)23-7-13-4-5-22-9-15(13)29/h6,8,10-13,15,22,25,29H,4-5,7,9H2,1-3H3,(H,23,27)/t12-,13+,15-/m0/s1. The van der Waals surface area contributed by atoms with E-state index in [1.165, 1.54) is 16.7 Å². The first-order valence-corrected chi connectivity index (χ1v) is 11.2. The maximum atomic E-state index is 13.4. The number of halogens is 1. The van der Waals surface area contributed by atoms with Gasteiger partial charge in [-0.3, -0.25) is 0 Å². The molecule has 0 aliphatic carbocycles. The van der Waals surface area contributed by atoms with Crippen molar-refractivity contribution >= 4 is 28.6 Å². The van der Waals surface area contributed by atoms with E-state index in [0.717, 1.165) is 35.8 Å². The van der Waals surface area contributed by atoms with E-state index in [9.17, 15) is 9.50 Å². The molecule has 0 amide bonds. The molecule has 10 heteroatoms. The summed E-state index contributed by atoms with van der Waals surface area (Å²) in [6.45, 7) is 8.33. The lowest BCUT2D eigenvalue weighted by Crippen LogP contribution is -2.43. The summed E-state index contributed by atoms with van der Waals surface area (Å²) in [7, 11) is 0. The van der Waals surface area contributed by atoms with E-state index in [4.69, 9.17) is 4.98 Å². The van der Waals surface area contributed by atoms with Gasteiger partial charge in [0.25, 0.3) is 0 Å². The second kappa shape index (κ2) is 8.83. The molecular formula is C20H28FN7OS. The highest BCUT2D eigenvalue weighted by Gasteiger charge is 2.23. The highest BCUT2D eigenvalue weighted by atomic mass is 32.1. The monoisotopic (exact) mass is 433 g/mol. The Morgan fingerprint density at radius 1 is 1.37 bits per heavy atom. The molecule has 0 unspecified atom stereocenters. The first-order chi connectivity index (χ1) is 14.4. The highest BCUT2D eigenvalue weighted by Crippen LogP contribution is 2.27. The summed E-state index contributed by atoms with van der Waals surface area (Å²) >= 11 is 1.28. The van der Waals surface area contributed by atoms with Gasteiger partial charge in [0.1, 0.15) is 16.6 Å². The van der Waals surface area contributed by atoms with Crippen LogP contribution in [0.1, 0.15) is 49.7 Å². The molecule has 1 aliphatic rings. The summed E-state index contributed by atoms with van der Waals surface area (Å²) in [4.78, 5) is 8.73. The SMILES string of the molecule is CC(C)c1cnn2c(N[C@@H](C)c3nc(F)cs3)cc(NC[C@H]3CCNC[C@@H]3O)nc12. The average molecular weight is 434 g/mol. The minimum atomic E-state index is -0.465. The van der Waals surface area contributed by atoms with Crippen LogP contribution in [0.2, 0.25) is 0 Å². The van der Waals surface area contributed by atoms with Crippen LogP contribution in [0.5, 0.6) is 0 Å². The summed E-state index contributed by atoms with van der Waals surface area (Å²) in [6, 6.07) is 1.72. The van der Waals surface area contributed by atoms with Crippen molar-refractivity contribution in [2.75, 3.05) is 30.3 Å². The normalized spacial score (nSPS) is 20.6. The van der Waals surface area contributed by atoms with Crippen LogP contribution in [0.4, 0.5) is 16.0 Å². The van der Waals surface area contributed by atoms with Gasteiger partial charge in [0.2, 0.25) is 5.95 Å². The maximum Gasteiger partial charge on any atom is 0.223 e. The van der Waals surface area contributed by atoms with E-state index in [0.29, 0.717) is 18.1 Å². The summed E-state index contributed by atoms with van der Waals surface area (Å²) in [5, 5.41) is 26.8. The number of anilines is 2. The summed E-state index contributed by atoms with van der Waals surface area (Å²) in [6.07, 6.45) is 2.39. The van der Waals surface area contributed by atoms with Crippen molar-refractivity contribution in [3.05, 3.63) is 34.2 Å². The minimum absolute atomic E-state index is 0.174. The summed E-state index contributed by atoms with van der Waals surface area (Å²) in [5.41, 5.74) is 1.83. The first-order valence-electron chi connectivity index (χ1n) is 10.3. The summed E-state index contributed by atoms with van der Waals surface area (Å²) < 4.78 is 15.1. The van der Waals surface area contributed by atoms with Gasteiger partial charge in [-0.05, 0) is 25.8 Å². The Morgan fingerprint density at radius 2 is 2.20 bits per heavy atom. The van der Waals surface area contributed by atoms with Gasteiger partial charge in [0.05, 0.1) is 18.3 Å². The molecular weight excluding hydrogens is 405 g/mol. The smallest absolute Gasteiger partial charge is 0.223 e. The number of piperidine rings is 1. The Balaban J connectivity index is 1.62. The van der Waals surface area contributed by atoms with Gasteiger partial charge in [0, 0.05) is 36.0 Å². The molecule has 4 N–H and O–H groups in total. The molecule has 3 aromatic heterocycles. The molecule has 0 spiro atoms. The number of fused-ring (bicyclic) bond motifs is 1. The molecule has 4 heterocycles. The number of aliphatic hydroxyl groups excluding tert-OH is 1. The zero-order valence-corrected chi connectivity index (χ0v) is 18.2. The van der Waals surface area contributed by atoms with E-state index >= 15 is 0 Å². The average Bonchev–Trinajstić information content (AvgIpc) is 3.34. The fourth-order valence-corrected chi connectivity index (χ4v) is 4.37. The topological polar surface area (TPSA) is 99.4 Å². The van der Waals surface area contributed by atoms with Crippen molar-refractivity contribution in [1.82, 2.24) is 24.9 Å². The van der Waals surface area contributed by atoms with Crippen LogP contribution in [-0.4, -0.2) is 50.4 Å². The third-order valence-corrected chi connectivity index (χ3v) is 6.48. The van der Waals surface area contributed by atoms with Crippen molar-refractivity contribution in [2.24, 2.45) is 5.92 Å². The third-order valence-electron chi connectivity index (χ3n) is 5.48. The van der Waals surface area contributed by atoms with Crippen LogP contribution < -0.4 is 16.0 Å². The van der Waals surface area contributed by atoms with Gasteiger partial charge in [-0.25, -0.2) is 9.97 Å². The van der Waals surface area contributed by atoms with Crippen LogP contribution in [0.25, 0.3) is 5.65 Å². The lowest BCUT2D eigenvalue weighted by atomic mass is 9.95. The lowest BCUT2D eigenvalue weighted by molar-refractivity contribution is 0.0883. The van der Waals surface area contributed by atoms with E-state index in [2.05, 4.69) is 39.9 Å². The van der Waals surface area contributed by atoms with Crippen molar-refractivity contribution in [3.8, 4) is 0 Å². The number of aromatic nitrogens is 4. The van der Waals surface area contributed by atoms with Crippen LogP contribution in [0.3, 0.4) is 0 Å². The molecule has 1 fully saturated rings. The lowest BCUT2D eigenvalue weighted by Gasteiger charge is -2.28. The number of rotatable bonds is 7. The van der Waals surface area contributed by atoms with Crippen molar-refractivity contribution in [1.29, 1.82) is 0 Å². The Hall–Kier alpha value is -2.30. The van der Waals surface area contributed by atoms with Gasteiger partial charge in [0.15, 0.2) is 5.65 Å². The number of hydrogen-bond acceptors (Lipinski definition) is 8. The van der Waals surface area contributed by atoms with Gasteiger partial charge in [-0.15, -0.1) is 11.3 Å². The zero-order chi connectivity index (χ0) is 21.3. The van der Waals surface area contributed by atoms with E-state index in [1.54, 1.807) is 4.52 Å². The molecule has 0 radical (unpaired) electrons. The molecule has 4 rings (SSSR count). The molecule has 0 bridgehead atoms. The Kier molecular flexibility index (Phi) is 6.16. The van der Waals surface area contributed by atoms with Crippen molar-refractivity contribution in [2.45, 2.75) is 45.3 Å². The number of hydrogen-bond donors (Lipinski definition) is 4. The predicted molar refractivity (Wildman–Crippen MR) is 117 cm³/mol. The second-order valence-corrected chi connectivity index (χ2v) is 8.98. The molecule has 0 saturated carbocycles. The number of β-amino-alcohol motifs (C(OH)–C–C–N with tert-alkyl or cyclic N) is 1. The second-order valence-electron chi connectivity index (χ2n) is 8.09. The van der Waals surface area contributed by atoms with Crippen LogP contribution >= 0.6 is 11.3 Å². The zero-order valence-electron chi connectivity index (χ0n) is 17.4. The van der Waals surface area contributed by atoms with Crippen LogP contribution in [0, 0.1) is 11.9 Å². The van der Waals surface area contributed by atoms with Crippen molar-refractivity contribution in [3.63, 3.8) is 0 Å². The molecule has 3 atom stereocenters. The molecule has 162 valence electrons. The van der Waals surface area contributed by atoms with E-state index in [1.807, 2.05) is 19.2 Å². The fourth-order valence-electron chi connectivity index (χ4n) is 3.70. The number of aliphatic hydroxyl groups is 1. The summed E-state index contributed by atoms with van der Waals surface area (Å²) in [5.74, 6) is 1.45. The first kappa shape index (κ1) is 21.0. The van der Waals surface area contributed by atoms with Gasteiger partial charge in [-0.2, -0.15) is 14.0 Å². The fraction of sp³-hybridized carbons (Fsp3) is 0.550. The number of thiazole rings is 1.